The summed E-state index contributed by atoms with van der Waals surface area (Å²) < 4.78 is 0. The van der Waals surface area contributed by atoms with E-state index in [4.69, 9.17) is 5.26 Å². The topological polar surface area (TPSA) is 52.9 Å². The van der Waals surface area contributed by atoms with Crippen LogP contribution in [0.3, 0.4) is 0 Å². The van der Waals surface area contributed by atoms with Crippen LogP contribution in [-0.2, 0) is 11.2 Å². The molecule has 0 aromatic heterocycles. The van der Waals surface area contributed by atoms with Gasteiger partial charge in [0.25, 0.3) is 0 Å². The Morgan fingerprint density at radius 1 is 1.47 bits per heavy atom. The zero-order valence-corrected chi connectivity index (χ0v) is 8.95. The minimum atomic E-state index is -0.615. The molecule has 0 saturated carbocycles. The molecule has 0 radical (unpaired) electrons. The highest BCUT2D eigenvalue weighted by molar-refractivity contribution is 5.93. The van der Waals surface area contributed by atoms with Crippen molar-refractivity contribution < 1.29 is 4.79 Å². The Bertz CT molecular complexity index is 376. The number of nitrogens with one attached hydrogen (secondary N) is 1. The predicted octanol–water partition coefficient (Wildman–Crippen LogP) is 2.35. The molecule has 1 N–H and O–H groups in total. The van der Waals surface area contributed by atoms with Gasteiger partial charge in [-0.25, -0.2) is 0 Å². The molecule has 0 saturated heterocycles. The second-order valence-corrected chi connectivity index (χ2v) is 3.39. The lowest BCUT2D eigenvalue weighted by molar-refractivity contribution is -0.117. The molecule has 0 aliphatic heterocycles. The molecular weight excluding hydrogens is 188 g/mol. The van der Waals surface area contributed by atoms with Crippen molar-refractivity contribution in [2.75, 3.05) is 5.32 Å². The first-order valence-electron chi connectivity index (χ1n) is 4.96. The first kappa shape index (κ1) is 11.3. The molecule has 0 spiro atoms. The summed E-state index contributed by atoms with van der Waals surface area (Å²) in [7, 11) is 0. The molecule has 0 aliphatic carbocycles. The fraction of sp³-hybridized carbons (Fsp3) is 0.333. The molecule has 1 amide bonds. The highest BCUT2D eigenvalue weighted by atomic mass is 16.1. The Morgan fingerprint density at radius 2 is 2.07 bits per heavy atom. The number of carbonyl (C=O) groups is 1. The fourth-order valence-electron chi connectivity index (χ4n) is 1.13. The monoisotopic (exact) mass is 202 g/mol. The second kappa shape index (κ2) is 5.16. The van der Waals surface area contributed by atoms with Crippen LogP contribution in [0, 0.1) is 17.2 Å². The van der Waals surface area contributed by atoms with Crippen LogP contribution in [0.15, 0.2) is 24.3 Å². The number of amides is 1. The van der Waals surface area contributed by atoms with Gasteiger partial charge in [0.15, 0.2) is 0 Å². The van der Waals surface area contributed by atoms with E-state index in [1.807, 2.05) is 30.3 Å². The molecule has 15 heavy (non-hydrogen) atoms. The van der Waals surface area contributed by atoms with E-state index in [0.29, 0.717) is 0 Å². The number of hydrogen-bond acceptors (Lipinski definition) is 2. The lowest BCUT2D eigenvalue weighted by atomic mass is 10.1. The van der Waals surface area contributed by atoms with Crippen LogP contribution in [0.1, 0.15) is 19.4 Å². The Balaban J connectivity index is 2.66. The van der Waals surface area contributed by atoms with Crippen LogP contribution in [0.4, 0.5) is 5.69 Å². The van der Waals surface area contributed by atoms with E-state index in [-0.39, 0.29) is 5.91 Å². The van der Waals surface area contributed by atoms with Gasteiger partial charge in [0.1, 0.15) is 5.92 Å². The van der Waals surface area contributed by atoms with Crippen LogP contribution in [-0.4, -0.2) is 5.91 Å². The van der Waals surface area contributed by atoms with Crippen LogP contribution in [0.5, 0.6) is 0 Å². The zero-order chi connectivity index (χ0) is 11.3. The summed E-state index contributed by atoms with van der Waals surface area (Å²) in [6, 6.07) is 9.52. The summed E-state index contributed by atoms with van der Waals surface area (Å²) in [5.74, 6) is -0.877. The van der Waals surface area contributed by atoms with Crippen molar-refractivity contribution in [3.05, 3.63) is 29.8 Å². The van der Waals surface area contributed by atoms with E-state index >= 15 is 0 Å². The average molecular weight is 202 g/mol. The lowest BCUT2D eigenvalue weighted by Gasteiger charge is -2.06. The second-order valence-electron chi connectivity index (χ2n) is 3.39. The first-order chi connectivity index (χ1) is 7.17. The van der Waals surface area contributed by atoms with Crippen molar-refractivity contribution in [3.8, 4) is 6.07 Å². The molecular formula is C12H14N2O. The van der Waals surface area contributed by atoms with Gasteiger partial charge >= 0.3 is 0 Å². The van der Waals surface area contributed by atoms with Gasteiger partial charge in [0.05, 0.1) is 6.07 Å². The van der Waals surface area contributed by atoms with E-state index in [0.717, 1.165) is 12.1 Å². The normalized spacial score (nSPS) is 11.5. The van der Waals surface area contributed by atoms with Crippen LogP contribution < -0.4 is 5.32 Å². The number of aryl methyl sites for hydroxylation is 1. The van der Waals surface area contributed by atoms with Crippen molar-refractivity contribution in [1.82, 2.24) is 0 Å². The molecule has 1 aromatic rings. The summed E-state index contributed by atoms with van der Waals surface area (Å²) in [6.45, 7) is 3.65. The number of anilines is 1. The van der Waals surface area contributed by atoms with E-state index < -0.39 is 5.92 Å². The van der Waals surface area contributed by atoms with Gasteiger partial charge in [-0.05, 0) is 31.0 Å². The van der Waals surface area contributed by atoms with Gasteiger partial charge < -0.3 is 5.32 Å². The predicted molar refractivity (Wildman–Crippen MR) is 59.2 cm³/mol. The van der Waals surface area contributed by atoms with E-state index in [2.05, 4.69) is 12.2 Å². The van der Waals surface area contributed by atoms with Crippen molar-refractivity contribution in [1.29, 1.82) is 5.26 Å². The minimum Gasteiger partial charge on any atom is -0.325 e. The van der Waals surface area contributed by atoms with E-state index in [1.165, 1.54) is 5.56 Å². The van der Waals surface area contributed by atoms with Gasteiger partial charge in [0.2, 0.25) is 5.91 Å². The third kappa shape index (κ3) is 3.10. The van der Waals surface area contributed by atoms with E-state index in [1.54, 1.807) is 6.92 Å². The number of nitriles is 1. The quantitative estimate of drug-likeness (QED) is 0.817. The summed E-state index contributed by atoms with van der Waals surface area (Å²) in [4.78, 5) is 11.4. The Labute approximate surface area is 89.7 Å². The number of rotatable bonds is 3. The third-order valence-corrected chi connectivity index (χ3v) is 2.22. The largest absolute Gasteiger partial charge is 0.325 e. The van der Waals surface area contributed by atoms with Gasteiger partial charge in [-0.15, -0.1) is 0 Å². The van der Waals surface area contributed by atoms with Crippen molar-refractivity contribution >= 4 is 11.6 Å². The standard InChI is InChI=1S/C12H14N2O/c1-3-10-4-6-11(7-5-10)14-12(15)9(2)8-13/h4-7,9H,3H2,1-2H3,(H,14,15). The van der Waals surface area contributed by atoms with Crippen LogP contribution >= 0.6 is 0 Å². The number of carbonyl (C=O) groups excluding carboxylic acids is 1. The van der Waals surface area contributed by atoms with E-state index in [9.17, 15) is 4.79 Å². The Hall–Kier alpha value is -1.82. The van der Waals surface area contributed by atoms with Crippen molar-refractivity contribution in [2.24, 2.45) is 5.92 Å². The smallest absolute Gasteiger partial charge is 0.241 e. The molecule has 1 unspecified atom stereocenters. The van der Waals surface area contributed by atoms with Crippen molar-refractivity contribution in [2.45, 2.75) is 20.3 Å². The minimum absolute atomic E-state index is 0.262. The number of benzene rings is 1. The molecule has 0 heterocycles. The molecule has 78 valence electrons. The molecule has 1 atom stereocenters. The van der Waals surface area contributed by atoms with Gasteiger partial charge in [0, 0.05) is 5.69 Å². The average Bonchev–Trinajstić information content (AvgIpc) is 2.29. The maximum atomic E-state index is 11.4. The summed E-state index contributed by atoms with van der Waals surface area (Å²) in [6.07, 6.45) is 0.975. The first-order valence-corrected chi connectivity index (χ1v) is 4.96. The summed E-state index contributed by atoms with van der Waals surface area (Å²) in [5.41, 5.74) is 1.96. The maximum Gasteiger partial charge on any atom is 0.241 e. The molecule has 3 heteroatoms. The molecule has 3 nitrogen and oxygen atoms in total. The summed E-state index contributed by atoms with van der Waals surface area (Å²) in [5, 5.41) is 11.2. The fourth-order valence-corrected chi connectivity index (χ4v) is 1.13. The lowest BCUT2D eigenvalue weighted by Crippen LogP contribution is -2.18. The third-order valence-electron chi connectivity index (χ3n) is 2.22. The van der Waals surface area contributed by atoms with Gasteiger partial charge in [-0.1, -0.05) is 19.1 Å². The summed E-state index contributed by atoms with van der Waals surface area (Å²) >= 11 is 0. The van der Waals surface area contributed by atoms with Gasteiger partial charge in [-0.2, -0.15) is 5.26 Å². The number of nitrogens with zero attached hydrogens (tertiary/aromatic N) is 1. The molecule has 0 aliphatic rings. The van der Waals surface area contributed by atoms with Gasteiger partial charge in [-0.3, -0.25) is 4.79 Å². The molecule has 0 bridgehead atoms. The Morgan fingerprint density at radius 3 is 2.53 bits per heavy atom. The Kier molecular flexibility index (Phi) is 3.87. The highest BCUT2D eigenvalue weighted by Gasteiger charge is 2.10. The molecule has 1 aromatic carbocycles. The van der Waals surface area contributed by atoms with Crippen LogP contribution in [0.25, 0.3) is 0 Å². The molecule has 0 fully saturated rings. The maximum absolute atomic E-state index is 11.4. The van der Waals surface area contributed by atoms with Crippen molar-refractivity contribution in [3.63, 3.8) is 0 Å². The zero-order valence-electron chi connectivity index (χ0n) is 8.95. The molecule has 1 rings (SSSR count). The number of hydrogen-bond donors (Lipinski definition) is 1. The SMILES string of the molecule is CCc1ccc(NC(=O)C(C)C#N)cc1. The highest BCUT2D eigenvalue weighted by Crippen LogP contribution is 2.11. The van der Waals surface area contributed by atoms with Crippen LogP contribution in [0.2, 0.25) is 0 Å².